The lowest BCUT2D eigenvalue weighted by Crippen LogP contribution is -2.30. The zero-order chi connectivity index (χ0) is 15.7. The van der Waals surface area contributed by atoms with Crippen LogP contribution in [0.3, 0.4) is 0 Å². The van der Waals surface area contributed by atoms with Gasteiger partial charge in [-0.2, -0.15) is 0 Å². The molecule has 0 saturated heterocycles. The Morgan fingerprint density at radius 3 is 2.91 bits per heavy atom. The van der Waals surface area contributed by atoms with Gasteiger partial charge < -0.3 is 14.6 Å². The van der Waals surface area contributed by atoms with E-state index in [2.05, 4.69) is 15.6 Å². The second kappa shape index (κ2) is 5.51. The lowest BCUT2D eigenvalue weighted by molar-refractivity contribution is -0.122. The molecule has 0 spiro atoms. The van der Waals surface area contributed by atoms with Crippen molar-refractivity contribution in [2.45, 2.75) is 20.0 Å². The number of hydrogen-bond donors (Lipinski definition) is 1. The Bertz CT molecular complexity index is 821. The molecule has 3 aromatic rings. The van der Waals surface area contributed by atoms with E-state index in [4.69, 9.17) is 9.26 Å². The van der Waals surface area contributed by atoms with Crippen molar-refractivity contribution < 1.29 is 14.1 Å². The molecule has 22 heavy (non-hydrogen) atoms. The van der Waals surface area contributed by atoms with E-state index in [1.54, 1.807) is 24.6 Å². The Morgan fingerprint density at radius 1 is 1.41 bits per heavy atom. The fourth-order valence-electron chi connectivity index (χ4n) is 2.14. The lowest BCUT2D eigenvalue weighted by atomic mass is 10.2. The number of amides is 1. The van der Waals surface area contributed by atoms with Gasteiger partial charge in [0.15, 0.2) is 11.9 Å². The Balaban J connectivity index is 1.75. The van der Waals surface area contributed by atoms with Crippen LogP contribution in [0.4, 0.5) is 5.82 Å². The van der Waals surface area contributed by atoms with Crippen molar-refractivity contribution in [2.75, 3.05) is 5.32 Å². The molecule has 0 aliphatic carbocycles. The van der Waals surface area contributed by atoms with Gasteiger partial charge in [-0.15, -0.1) is 5.10 Å². The standard InChI is InChI=1S/C15H16N4O3/c1-9-8-13(18-22-9)16-14(20)10(2)21-15-11-6-4-5-7-12(11)19(3)17-15/h4-8,10H,1-3H3,(H,16,18,20). The SMILES string of the molecule is Cc1cc(NC(=O)C(C)Oc2nn(C)c3ccccc23)no1. The molecule has 1 aromatic carbocycles. The van der Waals surface area contributed by atoms with Crippen LogP contribution in [0.1, 0.15) is 12.7 Å². The third-order valence-corrected chi connectivity index (χ3v) is 3.26. The minimum absolute atomic E-state index is 0.317. The lowest BCUT2D eigenvalue weighted by Gasteiger charge is -2.11. The summed E-state index contributed by atoms with van der Waals surface area (Å²) in [5, 5.41) is 11.5. The summed E-state index contributed by atoms with van der Waals surface area (Å²) < 4.78 is 12.3. The maximum Gasteiger partial charge on any atom is 0.266 e. The maximum absolute atomic E-state index is 12.1. The number of hydrogen-bond acceptors (Lipinski definition) is 5. The number of carbonyl (C=O) groups is 1. The van der Waals surface area contributed by atoms with Gasteiger partial charge in [-0.05, 0) is 26.0 Å². The smallest absolute Gasteiger partial charge is 0.266 e. The molecule has 2 aromatic heterocycles. The van der Waals surface area contributed by atoms with E-state index in [0.717, 1.165) is 10.9 Å². The molecule has 1 atom stereocenters. The molecule has 0 aliphatic heterocycles. The summed E-state index contributed by atoms with van der Waals surface area (Å²) in [6, 6.07) is 9.32. The highest BCUT2D eigenvalue weighted by Gasteiger charge is 2.19. The van der Waals surface area contributed by atoms with Crippen LogP contribution in [-0.2, 0) is 11.8 Å². The summed E-state index contributed by atoms with van der Waals surface area (Å²) in [6.07, 6.45) is -0.713. The van der Waals surface area contributed by atoms with Crippen LogP contribution in [0.5, 0.6) is 5.88 Å². The summed E-state index contributed by atoms with van der Waals surface area (Å²) in [4.78, 5) is 12.1. The molecule has 114 valence electrons. The first-order chi connectivity index (χ1) is 10.5. The Hall–Kier alpha value is -2.83. The van der Waals surface area contributed by atoms with Crippen LogP contribution >= 0.6 is 0 Å². The summed E-state index contributed by atoms with van der Waals surface area (Å²) in [5.41, 5.74) is 0.942. The molecule has 1 unspecified atom stereocenters. The second-order valence-electron chi connectivity index (χ2n) is 5.02. The van der Waals surface area contributed by atoms with Gasteiger partial charge in [0.1, 0.15) is 5.76 Å². The molecule has 0 bridgehead atoms. The van der Waals surface area contributed by atoms with Gasteiger partial charge in [-0.3, -0.25) is 9.48 Å². The van der Waals surface area contributed by atoms with Crippen molar-refractivity contribution in [3.05, 3.63) is 36.1 Å². The fourth-order valence-corrected chi connectivity index (χ4v) is 2.14. The molecule has 7 heteroatoms. The molecule has 0 saturated carbocycles. The van der Waals surface area contributed by atoms with Gasteiger partial charge in [-0.25, -0.2) is 0 Å². The molecule has 3 rings (SSSR count). The summed E-state index contributed by atoms with van der Waals surface area (Å²) >= 11 is 0. The zero-order valence-electron chi connectivity index (χ0n) is 12.5. The van der Waals surface area contributed by atoms with Crippen LogP contribution in [0.15, 0.2) is 34.9 Å². The number of anilines is 1. The van der Waals surface area contributed by atoms with Gasteiger partial charge in [0, 0.05) is 13.1 Å². The fraction of sp³-hybridized carbons (Fsp3) is 0.267. The number of para-hydroxylation sites is 1. The number of ether oxygens (including phenoxy) is 1. The minimum Gasteiger partial charge on any atom is -0.463 e. The van der Waals surface area contributed by atoms with Crippen LogP contribution in [-0.4, -0.2) is 26.9 Å². The predicted octanol–water partition coefficient (Wildman–Crippen LogP) is 2.28. The number of carbonyl (C=O) groups excluding carboxylic acids is 1. The Labute approximate surface area is 126 Å². The van der Waals surface area contributed by atoms with Gasteiger partial charge in [0.2, 0.25) is 5.88 Å². The van der Waals surface area contributed by atoms with E-state index < -0.39 is 6.10 Å². The summed E-state index contributed by atoms with van der Waals surface area (Å²) in [7, 11) is 1.83. The predicted molar refractivity (Wildman–Crippen MR) is 80.7 cm³/mol. The highest BCUT2D eigenvalue weighted by atomic mass is 16.5. The number of aryl methyl sites for hydroxylation is 2. The highest BCUT2D eigenvalue weighted by Crippen LogP contribution is 2.24. The second-order valence-corrected chi connectivity index (χ2v) is 5.02. The normalized spacial score (nSPS) is 12.3. The molecular formula is C15H16N4O3. The van der Waals surface area contributed by atoms with E-state index in [0.29, 0.717) is 17.5 Å². The molecule has 0 radical (unpaired) electrons. The first kappa shape index (κ1) is 14.1. The quantitative estimate of drug-likeness (QED) is 0.799. The molecule has 1 N–H and O–H groups in total. The Kier molecular flexibility index (Phi) is 3.54. The third-order valence-electron chi connectivity index (χ3n) is 3.26. The van der Waals surface area contributed by atoms with Crippen molar-refractivity contribution in [3.63, 3.8) is 0 Å². The van der Waals surface area contributed by atoms with Gasteiger partial charge in [-0.1, -0.05) is 17.3 Å². The van der Waals surface area contributed by atoms with E-state index in [1.165, 1.54) is 0 Å². The monoisotopic (exact) mass is 300 g/mol. The van der Waals surface area contributed by atoms with Crippen LogP contribution < -0.4 is 10.1 Å². The van der Waals surface area contributed by atoms with Gasteiger partial charge >= 0.3 is 0 Å². The first-order valence-electron chi connectivity index (χ1n) is 6.87. The summed E-state index contributed by atoms with van der Waals surface area (Å²) in [5.74, 6) is 1.10. The van der Waals surface area contributed by atoms with Crippen molar-refractivity contribution in [2.24, 2.45) is 7.05 Å². The number of nitrogens with one attached hydrogen (secondary N) is 1. The number of aromatic nitrogens is 3. The molecular weight excluding hydrogens is 284 g/mol. The number of nitrogens with zero attached hydrogens (tertiary/aromatic N) is 3. The van der Waals surface area contributed by atoms with Crippen LogP contribution in [0.25, 0.3) is 10.9 Å². The third kappa shape index (κ3) is 2.65. The van der Waals surface area contributed by atoms with Crippen molar-refractivity contribution in [1.82, 2.24) is 14.9 Å². The average molecular weight is 300 g/mol. The van der Waals surface area contributed by atoms with Crippen molar-refractivity contribution in [3.8, 4) is 5.88 Å². The van der Waals surface area contributed by atoms with Crippen molar-refractivity contribution in [1.29, 1.82) is 0 Å². The molecule has 7 nitrogen and oxygen atoms in total. The van der Waals surface area contributed by atoms with E-state index in [9.17, 15) is 4.79 Å². The van der Waals surface area contributed by atoms with Gasteiger partial charge in [0.05, 0.1) is 10.9 Å². The molecule has 0 fully saturated rings. The maximum atomic E-state index is 12.1. The largest absolute Gasteiger partial charge is 0.463 e. The molecule has 2 heterocycles. The number of benzene rings is 1. The molecule has 0 aliphatic rings. The highest BCUT2D eigenvalue weighted by molar-refractivity contribution is 5.93. The topological polar surface area (TPSA) is 82.2 Å². The average Bonchev–Trinajstić information content (AvgIpc) is 3.04. The van der Waals surface area contributed by atoms with Crippen LogP contribution in [0.2, 0.25) is 0 Å². The summed E-state index contributed by atoms with van der Waals surface area (Å²) in [6.45, 7) is 3.41. The Morgan fingerprint density at radius 2 is 2.18 bits per heavy atom. The number of rotatable bonds is 4. The van der Waals surface area contributed by atoms with Gasteiger partial charge in [0.25, 0.3) is 5.91 Å². The zero-order valence-corrected chi connectivity index (χ0v) is 12.5. The van der Waals surface area contributed by atoms with E-state index in [-0.39, 0.29) is 5.91 Å². The van der Waals surface area contributed by atoms with Crippen molar-refractivity contribution >= 4 is 22.6 Å². The minimum atomic E-state index is -0.713. The van der Waals surface area contributed by atoms with E-state index >= 15 is 0 Å². The van der Waals surface area contributed by atoms with E-state index in [1.807, 2.05) is 31.3 Å². The first-order valence-corrected chi connectivity index (χ1v) is 6.87. The molecule has 1 amide bonds. The van der Waals surface area contributed by atoms with Crippen LogP contribution in [0, 0.1) is 6.92 Å². The number of fused-ring (bicyclic) bond motifs is 1.